The van der Waals surface area contributed by atoms with Gasteiger partial charge >= 0.3 is 0 Å². The molecule has 0 aliphatic heterocycles. The van der Waals surface area contributed by atoms with Gasteiger partial charge in [-0.25, -0.2) is 0 Å². The molecule has 27 heavy (non-hydrogen) atoms. The zero-order valence-corrected chi connectivity index (χ0v) is 16.5. The fraction of sp³-hybridized carbons (Fsp3) is 0.150. The molecule has 0 unspecified atom stereocenters. The van der Waals surface area contributed by atoms with Gasteiger partial charge in [0.1, 0.15) is 10.8 Å². The van der Waals surface area contributed by atoms with Crippen molar-refractivity contribution >= 4 is 35.0 Å². The van der Waals surface area contributed by atoms with E-state index in [1.165, 1.54) is 11.8 Å². The monoisotopic (exact) mass is 399 g/mol. The summed E-state index contributed by atoms with van der Waals surface area (Å²) in [5, 5.41) is 12.6. The molecule has 0 aliphatic rings. The Labute approximate surface area is 167 Å². The normalized spacial score (nSPS) is 10.5. The molecule has 0 bridgehead atoms. The third-order valence-corrected chi connectivity index (χ3v) is 5.16. The molecule has 0 atom stereocenters. The van der Waals surface area contributed by atoms with Crippen LogP contribution in [0.2, 0.25) is 5.02 Å². The number of para-hydroxylation sites is 1. The molecular weight excluding hydrogens is 382 g/mol. The summed E-state index contributed by atoms with van der Waals surface area (Å²) in [6, 6.07) is 16.8. The first-order valence-corrected chi connectivity index (χ1v) is 9.59. The van der Waals surface area contributed by atoms with Crippen molar-refractivity contribution < 1.29 is 9.53 Å². The number of nitrogens with one attached hydrogen (secondary N) is 1. The second-order valence-electron chi connectivity index (χ2n) is 5.76. The molecule has 7 heteroatoms. The van der Waals surface area contributed by atoms with E-state index in [4.69, 9.17) is 16.3 Å². The average Bonchev–Trinajstić information content (AvgIpc) is 2.69. The number of rotatable bonds is 6. The van der Waals surface area contributed by atoms with Crippen LogP contribution in [0.25, 0.3) is 11.3 Å². The molecule has 0 fully saturated rings. The summed E-state index contributed by atoms with van der Waals surface area (Å²) < 4.78 is 5.35. The van der Waals surface area contributed by atoms with Gasteiger partial charge in [-0.2, -0.15) is 0 Å². The van der Waals surface area contributed by atoms with Crippen LogP contribution in [-0.2, 0) is 4.79 Å². The third kappa shape index (κ3) is 4.99. The van der Waals surface area contributed by atoms with E-state index in [1.54, 1.807) is 13.2 Å². The Morgan fingerprint density at radius 2 is 1.96 bits per heavy atom. The van der Waals surface area contributed by atoms with E-state index < -0.39 is 0 Å². The maximum absolute atomic E-state index is 12.1. The highest BCUT2D eigenvalue weighted by molar-refractivity contribution is 7.99. The van der Waals surface area contributed by atoms with E-state index in [0.717, 1.165) is 22.6 Å². The lowest BCUT2D eigenvalue weighted by molar-refractivity contribution is -0.113. The summed E-state index contributed by atoms with van der Waals surface area (Å²) in [5.41, 5.74) is 3.23. The summed E-state index contributed by atoms with van der Waals surface area (Å²) in [7, 11) is 1.62. The Morgan fingerprint density at radius 1 is 1.15 bits per heavy atom. The maximum atomic E-state index is 12.1. The van der Waals surface area contributed by atoms with Crippen LogP contribution in [0, 0.1) is 6.92 Å². The van der Waals surface area contributed by atoms with Crippen molar-refractivity contribution in [3.05, 3.63) is 65.2 Å². The van der Waals surface area contributed by atoms with Crippen molar-refractivity contribution in [3.8, 4) is 17.0 Å². The molecule has 0 spiro atoms. The van der Waals surface area contributed by atoms with E-state index in [2.05, 4.69) is 15.5 Å². The van der Waals surface area contributed by atoms with E-state index in [-0.39, 0.29) is 11.7 Å². The molecular formula is C20H18ClN3O2S. The zero-order chi connectivity index (χ0) is 19.2. The number of carbonyl (C=O) groups is 1. The Kier molecular flexibility index (Phi) is 6.32. The number of amides is 1. The minimum Gasteiger partial charge on any atom is -0.496 e. The number of hydrogen-bond donors (Lipinski definition) is 1. The fourth-order valence-corrected chi connectivity index (χ4v) is 3.20. The van der Waals surface area contributed by atoms with Gasteiger partial charge in [0.05, 0.1) is 18.6 Å². The molecule has 0 saturated heterocycles. The van der Waals surface area contributed by atoms with Gasteiger partial charge in [0.25, 0.3) is 0 Å². The lowest BCUT2D eigenvalue weighted by atomic mass is 10.1. The summed E-state index contributed by atoms with van der Waals surface area (Å²) in [5.74, 6) is 0.840. The smallest absolute Gasteiger partial charge is 0.234 e. The Morgan fingerprint density at radius 3 is 2.67 bits per heavy atom. The fourth-order valence-electron chi connectivity index (χ4n) is 2.40. The molecule has 0 radical (unpaired) electrons. The second-order valence-corrected chi connectivity index (χ2v) is 7.16. The Balaban J connectivity index is 1.60. The van der Waals surface area contributed by atoms with Crippen LogP contribution in [0.1, 0.15) is 5.56 Å². The number of benzene rings is 2. The van der Waals surface area contributed by atoms with Crippen molar-refractivity contribution in [2.45, 2.75) is 11.9 Å². The van der Waals surface area contributed by atoms with Crippen LogP contribution in [0.4, 0.5) is 5.69 Å². The average molecular weight is 400 g/mol. The van der Waals surface area contributed by atoms with Crippen LogP contribution in [-0.4, -0.2) is 29.0 Å². The van der Waals surface area contributed by atoms with Crippen LogP contribution in [0.3, 0.4) is 0 Å². The molecule has 1 heterocycles. The quantitative estimate of drug-likeness (QED) is 0.600. The molecule has 138 valence electrons. The van der Waals surface area contributed by atoms with Crippen molar-refractivity contribution in [1.82, 2.24) is 10.2 Å². The van der Waals surface area contributed by atoms with Gasteiger partial charge in [0.2, 0.25) is 5.91 Å². The molecule has 5 nitrogen and oxygen atoms in total. The highest BCUT2D eigenvalue weighted by Gasteiger charge is 2.09. The molecule has 3 aromatic rings. The van der Waals surface area contributed by atoms with Gasteiger partial charge in [0, 0.05) is 16.3 Å². The van der Waals surface area contributed by atoms with Gasteiger partial charge < -0.3 is 10.1 Å². The van der Waals surface area contributed by atoms with Crippen LogP contribution in [0.15, 0.2) is 59.6 Å². The molecule has 0 aliphatic carbocycles. The van der Waals surface area contributed by atoms with Crippen LogP contribution < -0.4 is 10.1 Å². The lowest BCUT2D eigenvalue weighted by Crippen LogP contribution is -2.14. The summed E-state index contributed by atoms with van der Waals surface area (Å²) in [6.07, 6.45) is 0. The topological polar surface area (TPSA) is 64.1 Å². The predicted molar refractivity (Wildman–Crippen MR) is 110 cm³/mol. The summed E-state index contributed by atoms with van der Waals surface area (Å²) >= 11 is 7.39. The van der Waals surface area contributed by atoms with Gasteiger partial charge in [-0.15, -0.1) is 10.2 Å². The molecule has 1 N–H and O–H groups in total. The lowest BCUT2D eigenvalue weighted by Gasteiger charge is -2.08. The van der Waals surface area contributed by atoms with Crippen molar-refractivity contribution in [2.24, 2.45) is 0 Å². The number of carbonyl (C=O) groups excluding carboxylic acids is 1. The SMILES string of the molecule is COc1ccccc1-c1ccc(SCC(=O)Nc2ccc(C)c(Cl)c2)nn1. The summed E-state index contributed by atoms with van der Waals surface area (Å²) in [6.45, 7) is 1.91. The van der Waals surface area contributed by atoms with Crippen molar-refractivity contribution in [1.29, 1.82) is 0 Å². The number of nitrogens with zero attached hydrogens (tertiary/aromatic N) is 2. The number of hydrogen-bond acceptors (Lipinski definition) is 5. The number of halogens is 1. The number of aromatic nitrogens is 2. The molecule has 3 rings (SSSR count). The zero-order valence-electron chi connectivity index (χ0n) is 14.9. The standard InChI is InChI=1S/C20H18ClN3O2S/c1-13-7-8-14(11-16(13)21)22-19(25)12-27-20-10-9-17(23-24-20)15-5-3-4-6-18(15)26-2/h3-11H,12H2,1-2H3,(H,22,25). The van der Waals surface area contributed by atoms with E-state index in [9.17, 15) is 4.79 Å². The van der Waals surface area contributed by atoms with E-state index in [1.807, 2.05) is 55.5 Å². The summed E-state index contributed by atoms with van der Waals surface area (Å²) in [4.78, 5) is 12.1. The van der Waals surface area contributed by atoms with Gasteiger partial charge in [0.15, 0.2) is 0 Å². The molecule has 2 aromatic carbocycles. The van der Waals surface area contributed by atoms with E-state index >= 15 is 0 Å². The molecule has 0 saturated carbocycles. The van der Waals surface area contributed by atoms with Gasteiger partial charge in [-0.05, 0) is 48.9 Å². The number of thioether (sulfide) groups is 1. The van der Waals surface area contributed by atoms with Gasteiger partial charge in [-0.3, -0.25) is 4.79 Å². The van der Waals surface area contributed by atoms with Gasteiger partial charge in [-0.1, -0.05) is 41.6 Å². The minimum atomic E-state index is -0.129. The third-order valence-electron chi connectivity index (χ3n) is 3.83. The predicted octanol–water partition coefficient (Wildman–Crippen LogP) is 4.84. The Bertz CT molecular complexity index is 948. The number of aryl methyl sites for hydroxylation is 1. The number of methoxy groups -OCH3 is 1. The van der Waals surface area contributed by atoms with Crippen LogP contribution >= 0.6 is 23.4 Å². The number of anilines is 1. The van der Waals surface area contributed by atoms with Crippen molar-refractivity contribution in [2.75, 3.05) is 18.2 Å². The maximum Gasteiger partial charge on any atom is 0.234 e. The highest BCUT2D eigenvalue weighted by atomic mass is 35.5. The first kappa shape index (κ1) is 19.2. The Hall–Kier alpha value is -2.57. The van der Waals surface area contributed by atoms with Crippen LogP contribution in [0.5, 0.6) is 5.75 Å². The second kappa shape index (κ2) is 8.88. The first-order chi connectivity index (χ1) is 13.1. The van der Waals surface area contributed by atoms with E-state index in [0.29, 0.717) is 15.7 Å². The molecule has 1 amide bonds. The molecule has 1 aromatic heterocycles. The minimum absolute atomic E-state index is 0.129. The van der Waals surface area contributed by atoms with Crippen molar-refractivity contribution in [3.63, 3.8) is 0 Å². The first-order valence-electron chi connectivity index (χ1n) is 8.23. The largest absolute Gasteiger partial charge is 0.496 e. The number of ether oxygens (including phenoxy) is 1. The highest BCUT2D eigenvalue weighted by Crippen LogP contribution is 2.28.